The van der Waals surface area contributed by atoms with Crippen LogP contribution in [0.25, 0.3) is 11.0 Å². The van der Waals surface area contributed by atoms with Gasteiger partial charge < -0.3 is 15.0 Å². The van der Waals surface area contributed by atoms with Crippen molar-refractivity contribution in [1.29, 1.82) is 0 Å². The molecule has 3 rings (SSSR count). The van der Waals surface area contributed by atoms with Crippen molar-refractivity contribution >= 4 is 16.9 Å². The Labute approximate surface area is 147 Å². The second kappa shape index (κ2) is 7.38. The molecule has 0 saturated carbocycles. The number of ether oxygens (including phenoxy) is 1. The molecule has 0 saturated heterocycles. The van der Waals surface area contributed by atoms with E-state index >= 15 is 0 Å². The molecule has 0 fully saturated rings. The molecule has 1 aromatic heterocycles. The van der Waals surface area contributed by atoms with Gasteiger partial charge in [-0.1, -0.05) is 12.1 Å². The minimum absolute atomic E-state index is 0.0759. The molecule has 1 amide bonds. The summed E-state index contributed by atoms with van der Waals surface area (Å²) in [6.45, 7) is 6.66. The molecule has 0 aliphatic heterocycles. The van der Waals surface area contributed by atoms with E-state index in [1.807, 2.05) is 45.0 Å². The lowest BCUT2D eigenvalue weighted by Crippen LogP contribution is -2.25. The molecule has 0 aliphatic rings. The molecule has 3 aromatic rings. The molecule has 0 bridgehead atoms. The van der Waals surface area contributed by atoms with Gasteiger partial charge in [0, 0.05) is 12.1 Å². The van der Waals surface area contributed by atoms with E-state index in [9.17, 15) is 4.79 Å². The Bertz CT molecular complexity index is 884. The van der Waals surface area contributed by atoms with Crippen LogP contribution in [0.15, 0.2) is 42.7 Å². The minimum atomic E-state index is -0.0759. The third-order valence-electron chi connectivity index (χ3n) is 3.98. The number of amides is 1. The first-order valence-corrected chi connectivity index (χ1v) is 8.50. The van der Waals surface area contributed by atoms with Gasteiger partial charge in [0.15, 0.2) is 0 Å². The van der Waals surface area contributed by atoms with Gasteiger partial charge in [0.1, 0.15) is 5.75 Å². The number of nitrogens with one attached hydrogen (secondary N) is 2. The van der Waals surface area contributed by atoms with Crippen molar-refractivity contribution in [3.05, 3.63) is 59.4 Å². The first-order valence-electron chi connectivity index (χ1n) is 8.50. The number of nitrogens with zero attached hydrogens (tertiary/aromatic N) is 1. The van der Waals surface area contributed by atoms with E-state index in [-0.39, 0.29) is 12.0 Å². The van der Waals surface area contributed by atoms with Crippen molar-refractivity contribution in [3.63, 3.8) is 0 Å². The Morgan fingerprint density at radius 1 is 1.24 bits per heavy atom. The molecule has 0 radical (unpaired) electrons. The highest BCUT2D eigenvalue weighted by molar-refractivity contribution is 5.97. The van der Waals surface area contributed by atoms with Crippen LogP contribution in [0.5, 0.6) is 5.75 Å². The van der Waals surface area contributed by atoms with Crippen molar-refractivity contribution in [2.45, 2.75) is 33.3 Å². The summed E-state index contributed by atoms with van der Waals surface area (Å²) in [4.78, 5) is 19.5. The Kier molecular flexibility index (Phi) is 5.03. The van der Waals surface area contributed by atoms with Gasteiger partial charge in [-0.3, -0.25) is 4.79 Å². The number of aromatic nitrogens is 2. The zero-order valence-electron chi connectivity index (χ0n) is 14.8. The smallest absolute Gasteiger partial charge is 0.251 e. The molecule has 0 spiro atoms. The van der Waals surface area contributed by atoms with Crippen LogP contribution in [0.4, 0.5) is 0 Å². The fraction of sp³-hybridized carbons (Fsp3) is 0.300. The van der Waals surface area contributed by atoms with E-state index in [1.54, 1.807) is 12.4 Å². The lowest BCUT2D eigenvalue weighted by atomic mass is 10.1. The summed E-state index contributed by atoms with van der Waals surface area (Å²) in [6.07, 6.45) is 2.57. The van der Waals surface area contributed by atoms with E-state index in [2.05, 4.69) is 21.4 Å². The van der Waals surface area contributed by atoms with Crippen molar-refractivity contribution < 1.29 is 9.53 Å². The highest BCUT2D eigenvalue weighted by atomic mass is 16.5. The molecule has 2 N–H and O–H groups in total. The summed E-state index contributed by atoms with van der Waals surface area (Å²) < 4.78 is 5.75. The van der Waals surface area contributed by atoms with Crippen LogP contribution in [0.2, 0.25) is 0 Å². The average Bonchev–Trinajstić information content (AvgIpc) is 3.04. The van der Waals surface area contributed by atoms with Gasteiger partial charge in [-0.05, 0) is 62.6 Å². The number of imidazole rings is 1. The molecular weight excluding hydrogens is 314 g/mol. The number of rotatable bonds is 6. The third-order valence-corrected chi connectivity index (χ3v) is 3.98. The van der Waals surface area contributed by atoms with Gasteiger partial charge in [0.2, 0.25) is 0 Å². The van der Waals surface area contributed by atoms with Crippen LogP contribution in [-0.2, 0) is 6.42 Å². The highest BCUT2D eigenvalue weighted by Crippen LogP contribution is 2.20. The Balaban J connectivity index is 1.56. The maximum absolute atomic E-state index is 12.3. The second-order valence-corrected chi connectivity index (χ2v) is 6.41. The lowest BCUT2D eigenvalue weighted by Gasteiger charge is -2.13. The normalized spacial score (nSPS) is 11.0. The Hall–Kier alpha value is -2.82. The van der Waals surface area contributed by atoms with Crippen LogP contribution in [-0.4, -0.2) is 28.5 Å². The summed E-state index contributed by atoms with van der Waals surface area (Å²) in [7, 11) is 0. The lowest BCUT2D eigenvalue weighted by molar-refractivity contribution is 0.0954. The Morgan fingerprint density at radius 3 is 2.84 bits per heavy atom. The van der Waals surface area contributed by atoms with E-state index in [0.29, 0.717) is 12.1 Å². The SMILES string of the molecule is Cc1cc(CCNC(=O)c2ccc3nc[nH]c3c2)ccc1OC(C)C. The van der Waals surface area contributed by atoms with Crippen molar-refractivity contribution in [3.8, 4) is 5.75 Å². The predicted molar refractivity (Wildman–Crippen MR) is 99.1 cm³/mol. The Morgan fingerprint density at radius 2 is 2.08 bits per heavy atom. The van der Waals surface area contributed by atoms with E-state index < -0.39 is 0 Å². The maximum atomic E-state index is 12.3. The second-order valence-electron chi connectivity index (χ2n) is 6.41. The number of fused-ring (bicyclic) bond motifs is 1. The monoisotopic (exact) mass is 337 g/mol. The van der Waals surface area contributed by atoms with E-state index in [4.69, 9.17) is 4.74 Å². The summed E-state index contributed by atoms with van der Waals surface area (Å²) in [5, 5.41) is 2.97. The molecule has 0 unspecified atom stereocenters. The number of hydrogen-bond donors (Lipinski definition) is 2. The van der Waals surface area contributed by atoms with Gasteiger partial charge in [-0.25, -0.2) is 4.98 Å². The molecule has 5 heteroatoms. The fourth-order valence-electron chi connectivity index (χ4n) is 2.75. The van der Waals surface area contributed by atoms with Crippen LogP contribution < -0.4 is 10.1 Å². The van der Waals surface area contributed by atoms with Gasteiger partial charge in [0.05, 0.1) is 23.5 Å². The molecule has 0 atom stereocenters. The molecule has 25 heavy (non-hydrogen) atoms. The van der Waals surface area contributed by atoms with Crippen LogP contribution in [0, 0.1) is 6.92 Å². The van der Waals surface area contributed by atoms with Gasteiger partial charge >= 0.3 is 0 Å². The summed E-state index contributed by atoms with van der Waals surface area (Å²) in [5.41, 5.74) is 4.65. The van der Waals surface area contributed by atoms with Crippen molar-refractivity contribution in [2.24, 2.45) is 0 Å². The largest absolute Gasteiger partial charge is 0.491 e. The highest BCUT2D eigenvalue weighted by Gasteiger charge is 2.08. The quantitative estimate of drug-likeness (QED) is 0.722. The van der Waals surface area contributed by atoms with Gasteiger partial charge in [0.25, 0.3) is 5.91 Å². The summed E-state index contributed by atoms with van der Waals surface area (Å²) in [6, 6.07) is 11.6. The zero-order chi connectivity index (χ0) is 17.8. The number of aryl methyl sites for hydroxylation is 1. The summed E-state index contributed by atoms with van der Waals surface area (Å²) >= 11 is 0. The zero-order valence-corrected chi connectivity index (χ0v) is 14.8. The number of benzene rings is 2. The molecular formula is C20H23N3O2. The molecule has 1 heterocycles. The molecule has 0 aliphatic carbocycles. The number of carbonyl (C=O) groups is 1. The van der Waals surface area contributed by atoms with Gasteiger partial charge in [-0.2, -0.15) is 0 Å². The van der Waals surface area contributed by atoms with E-state index in [0.717, 1.165) is 28.8 Å². The number of aromatic amines is 1. The molecule has 2 aromatic carbocycles. The number of hydrogen-bond acceptors (Lipinski definition) is 3. The van der Waals surface area contributed by atoms with Crippen LogP contribution in [0.3, 0.4) is 0 Å². The predicted octanol–water partition coefficient (Wildman–Crippen LogP) is 3.63. The number of carbonyl (C=O) groups excluding carboxylic acids is 1. The minimum Gasteiger partial charge on any atom is -0.491 e. The topological polar surface area (TPSA) is 67.0 Å². The van der Waals surface area contributed by atoms with Crippen LogP contribution in [0.1, 0.15) is 35.3 Å². The first kappa shape index (κ1) is 17.0. The molecule has 130 valence electrons. The standard InChI is InChI=1S/C20H23N3O2/c1-13(2)25-19-7-4-15(10-14(19)3)8-9-21-20(24)16-5-6-17-18(11-16)23-12-22-17/h4-7,10-13H,8-9H2,1-3H3,(H,21,24)(H,22,23). The summed E-state index contributed by atoms with van der Waals surface area (Å²) in [5.74, 6) is 0.837. The first-order chi connectivity index (χ1) is 12.0. The third kappa shape index (κ3) is 4.18. The molecule has 5 nitrogen and oxygen atoms in total. The van der Waals surface area contributed by atoms with Crippen LogP contribution >= 0.6 is 0 Å². The maximum Gasteiger partial charge on any atom is 0.251 e. The van der Waals surface area contributed by atoms with Crippen molar-refractivity contribution in [2.75, 3.05) is 6.54 Å². The van der Waals surface area contributed by atoms with E-state index in [1.165, 1.54) is 5.56 Å². The number of H-pyrrole nitrogens is 1. The fourth-order valence-corrected chi connectivity index (χ4v) is 2.75. The average molecular weight is 337 g/mol. The van der Waals surface area contributed by atoms with Gasteiger partial charge in [-0.15, -0.1) is 0 Å². The van der Waals surface area contributed by atoms with Crippen molar-refractivity contribution in [1.82, 2.24) is 15.3 Å².